The molecule has 0 aliphatic carbocycles. The third-order valence-corrected chi connectivity index (χ3v) is 5.78. The van der Waals surface area contributed by atoms with Crippen LogP contribution in [0.4, 0.5) is 0 Å². The smallest absolute Gasteiger partial charge is 0.231 e. The minimum absolute atomic E-state index is 0.0252. The predicted octanol–water partition coefficient (Wildman–Crippen LogP) is 6.57. The summed E-state index contributed by atoms with van der Waals surface area (Å²) in [6.45, 7) is 6.49. The Bertz CT molecular complexity index is 1330. The molecule has 0 saturated heterocycles. The van der Waals surface area contributed by atoms with Crippen molar-refractivity contribution in [3.63, 3.8) is 0 Å². The first-order chi connectivity index (χ1) is 16.7. The number of carbonyl (C=O) groups is 1. The molecule has 0 bridgehead atoms. The van der Waals surface area contributed by atoms with E-state index in [1.807, 2.05) is 36.4 Å². The zero-order chi connectivity index (χ0) is 25.2. The number of para-hydroxylation sites is 2. The number of hydrogen-bond acceptors (Lipinski definition) is 6. The van der Waals surface area contributed by atoms with E-state index in [-0.39, 0.29) is 17.1 Å². The van der Waals surface area contributed by atoms with Gasteiger partial charge < -0.3 is 18.6 Å². The van der Waals surface area contributed by atoms with Gasteiger partial charge in [0.2, 0.25) is 11.6 Å². The molecule has 0 fully saturated rings. The van der Waals surface area contributed by atoms with Crippen molar-refractivity contribution in [2.24, 2.45) is 0 Å². The zero-order valence-electron chi connectivity index (χ0n) is 20.8. The molecule has 180 valence electrons. The van der Waals surface area contributed by atoms with Crippen molar-refractivity contribution < 1.29 is 23.4 Å². The van der Waals surface area contributed by atoms with Gasteiger partial charge in [-0.15, -0.1) is 0 Å². The molecule has 0 aliphatic heterocycles. The molecule has 0 aliphatic rings. The van der Waals surface area contributed by atoms with Gasteiger partial charge in [0.05, 0.1) is 26.9 Å². The summed E-state index contributed by atoms with van der Waals surface area (Å²) in [7, 11) is 4.55. The maximum atomic E-state index is 13.9. The van der Waals surface area contributed by atoms with Crippen molar-refractivity contribution in [2.75, 3.05) is 21.3 Å². The molecule has 0 unspecified atom stereocenters. The van der Waals surface area contributed by atoms with E-state index in [4.69, 9.17) is 18.6 Å². The molecular weight excluding hydrogens is 442 g/mol. The summed E-state index contributed by atoms with van der Waals surface area (Å²) >= 11 is 0. The molecule has 0 saturated carbocycles. The van der Waals surface area contributed by atoms with Crippen LogP contribution in [0, 0.1) is 0 Å². The van der Waals surface area contributed by atoms with Crippen LogP contribution in [0.5, 0.6) is 17.2 Å². The van der Waals surface area contributed by atoms with Crippen molar-refractivity contribution in [2.45, 2.75) is 26.2 Å². The highest BCUT2D eigenvalue weighted by atomic mass is 16.5. The topological polar surface area (TPSA) is 70.8 Å². The lowest BCUT2D eigenvalue weighted by Gasteiger charge is -2.18. The molecule has 4 rings (SSSR count). The first kappa shape index (κ1) is 24.1. The summed E-state index contributed by atoms with van der Waals surface area (Å²) < 4.78 is 22.3. The van der Waals surface area contributed by atoms with E-state index in [0.717, 1.165) is 5.56 Å². The first-order valence-electron chi connectivity index (χ1n) is 11.3. The van der Waals surface area contributed by atoms with E-state index < -0.39 is 0 Å². The van der Waals surface area contributed by atoms with Crippen LogP contribution < -0.4 is 14.2 Å². The lowest BCUT2D eigenvalue weighted by molar-refractivity contribution is 0.105. The van der Waals surface area contributed by atoms with Gasteiger partial charge in [-0.3, -0.25) is 4.79 Å². The second-order valence-corrected chi connectivity index (χ2v) is 9.16. The van der Waals surface area contributed by atoms with Crippen LogP contribution in [-0.4, -0.2) is 32.1 Å². The molecule has 6 nitrogen and oxygen atoms in total. The number of oxazole rings is 1. The second-order valence-electron chi connectivity index (χ2n) is 9.16. The van der Waals surface area contributed by atoms with Gasteiger partial charge in [-0.1, -0.05) is 57.2 Å². The van der Waals surface area contributed by atoms with E-state index in [9.17, 15) is 4.79 Å². The van der Waals surface area contributed by atoms with Gasteiger partial charge in [0.15, 0.2) is 22.9 Å². The van der Waals surface area contributed by atoms with E-state index >= 15 is 0 Å². The number of methoxy groups -OCH3 is 3. The average Bonchev–Trinajstić information content (AvgIpc) is 3.29. The Balaban J connectivity index is 1.86. The fraction of sp³-hybridized carbons (Fsp3) is 0.241. The standard InChI is InChI=1S/C29H29NO5/c1-29(2,3)20-13-11-18(12-14-20)15-21(28-30-22-9-7-8-10-23(22)35-28)26(31)19-16-24(32-4)27(34-6)25(17-19)33-5/h7-17H,1-6H3. The van der Waals surface area contributed by atoms with Gasteiger partial charge in [-0.05, 0) is 46.9 Å². The fourth-order valence-corrected chi connectivity index (χ4v) is 3.83. The number of benzene rings is 3. The van der Waals surface area contributed by atoms with Crippen LogP contribution in [0.1, 0.15) is 48.1 Å². The molecule has 1 aromatic heterocycles. The molecule has 0 radical (unpaired) electrons. The number of ether oxygens (including phenoxy) is 3. The molecule has 3 aromatic carbocycles. The van der Waals surface area contributed by atoms with E-state index in [0.29, 0.717) is 39.5 Å². The Kier molecular flexibility index (Phi) is 6.65. The molecule has 0 N–H and O–H groups in total. The van der Waals surface area contributed by atoms with Gasteiger partial charge in [0.1, 0.15) is 5.52 Å². The van der Waals surface area contributed by atoms with Crippen molar-refractivity contribution in [3.8, 4) is 17.2 Å². The van der Waals surface area contributed by atoms with Gasteiger partial charge in [-0.25, -0.2) is 4.98 Å². The van der Waals surface area contributed by atoms with Gasteiger partial charge in [0.25, 0.3) is 0 Å². The summed E-state index contributed by atoms with van der Waals surface area (Å²) in [6.07, 6.45) is 1.79. The van der Waals surface area contributed by atoms with Crippen molar-refractivity contribution in [3.05, 3.63) is 83.2 Å². The lowest BCUT2D eigenvalue weighted by atomic mass is 9.86. The summed E-state index contributed by atoms with van der Waals surface area (Å²) in [5.41, 5.74) is 4.05. The predicted molar refractivity (Wildman–Crippen MR) is 137 cm³/mol. The Morgan fingerprint density at radius 2 is 1.51 bits per heavy atom. The van der Waals surface area contributed by atoms with Crippen LogP contribution in [-0.2, 0) is 5.41 Å². The minimum atomic E-state index is -0.282. The normalized spacial score (nSPS) is 12.0. The fourth-order valence-electron chi connectivity index (χ4n) is 3.83. The maximum Gasteiger partial charge on any atom is 0.231 e. The molecule has 6 heteroatoms. The van der Waals surface area contributed by atoms with E-state index in [1.165, 1.54) is 26.9 Å². The summed E-state index contributed by atoms with van der Waals surface area (Å²) in [5, 5.41) is 0. The lowest BCUT2D eigenvalue weighted by Crippen LogP contribution is -2.10. The number of nitrogens with zero attached hydrogens (tertiary/aromatic N) is 1. The second kappa shape index (κ2) is 9.66. The van der Waals surface area contributed by atoms with Gasteiger partial charge >= 0.3 is 0 Å². The van der Waals surface area contributed by atoms with Crippen LogP contribution in [0.2, 0.25) is 0 Å². The molecule has 0 amide bonds. The van der Waals surface area contributed by atoms with Crippen molar-refractivity contribution in [1.29, 1.82) is 0 Å². The highest BCUT2D eigenvalue weighted by Crippen LogP contribution is 2.39. The maximum absolute atomic E-state index is 13.9. The van der Waals surface area contributed by atoms with Crippen LogP contribution in [0.25, 0.3) is 22.7 Å². The Labute approximate surface area is 205 Å². The third-order valence-electron chi connectivity index (χ3n) is 5.78. The molecule has 0 spiro atoms. The Morgan fingerprint density at radius 1 is 0.886 bits per heavy atom. The van der Waals surface area contributed by atoms with E-state index in [2.05, 4.69) is 37.9 Å². The van der Waals surface area contributed by atoms with E-state index in [1.54, 1.807) is 18.2 Å². The van der Waals surface area contributed by atoms with Crippen LogP contribution in [0.15, 0.2) is 65.1 Å². The summed E-state index contributed by atoms with van der Waals surface area (Å²) in [5.74, 6) is 1.15. The van der Waals surface area contributed by atoms with Crippen molar-refractivity contribution in [1.82, 2.24) is 4.98 Å². The van der Waals surface area contributed by atoms with Crippen LogP contribution >= 0.6 is 0 Å². The van der Waals surface area contributed by atoms with Gasteiger partial charge in [0, 0.05) is 5.56 Å². The monoisotopic (exact) mass is 471 g/mol. The molecular formula is C29H29NO5. The average molecular weight is 472 g/mol. The number of allylic oxidation sites excluding steroid dienone is 1. The molecule has 35 heavy (non-hydrogen) atoms. The van der Waals surface area contributed by atoms with Crippen LogP contribution in [0.3, 0.4) is 0 Å². The van der Waals surface area contributed by atoms with Crippen molar-refractivity contribution >= 4 is 28.5 Å². The SMILES string of the molecule is COc1cc(C(=O)C(=Cc2ccc(C(C)(C)C)cc2)c2nc3ccccc3o2)cc(OC)c1OC. The largest absolute Gasteiger partial charge is 0.493 e. The third kappa shape index (κ3) is 4.92. The molecule has 0 atom stereocenters. The quantitative estimate of drug-likeness (QED) is 0.224. The number of hydrogen-bond donors (Lipinski definition) is 0. The molecule has 1 heterocycles. The number of Topliss-reactive ketones (excluding diaryl/α,β-unsaturated/α-hetero) is 1. The Hall–Kier alpha value is -4.06. The number of aromatic nitrogens is 1. The van der Waals surface area contributed by atoms with Gasteiger partial charge in [-0.2, -0.15) is 0 Å². The first-order valence-corrected chi connectivity index (χ1v) is 11.3. The number of rotatable bonds is 7. The number of ketones is 1. The number of carbonyl (C=O) groups excluding carboxylic acids is 1. The Morgan fingerprint density at radius 3 is 2.06 bits per heavy atom. The summed E-state index contributed by atoms with van der Waals surface area (Å²) in [4.78, 5) is 18.5. The highest BCUT2D eigenvalue weighted by Gasteiger charge is 2.24. The zero-order valence-corrected chi connectivity index (χ0v) is 20.8. The summed E-state index contributed by atoms with van der Waals surface area (Å²) in [6, 6.07) is 18.8. The number of fused-ring (bicyclic) bond motifs is 1. The minimum Gasteiger partial charge on any atom is -0.493 e. The highest BCUT2D eigenvalue weighted by molar-refractivity contribution is 6.31. The molecule has 4 aromatic rings.